The van der Waals surface area contributed by atoms with Crippen molar-refractivity contribution >= 4 is 11.9 Å². The number of aliphatic carboxylic acids is 1. The van der Waals surface area contributed by atoms with Gasteiger partial charge in [-0.15, -0.1) is 0 Å². The highest BCUT2D eigenvalue weighted by molar-refractivity contribution is 5.79. The second-order valence-corrected chi connectivity index (χ2v) is 7.09. The summed E-state index contributed by atoms with van der Waals surface area (Å²) in [6, 6.07) is 0. The van der Waals surface area contributed by atoms with Gasteiger partial charge in [-0.05, 0) is 62.7 Å². The minimum atomic E-state index is -0.703. The molecule has 3 rings (SSSR count). The number of hydrogen-bond donors (Lipinski definition) is 2. The molecular formula is C16H25NO3. The van der Waals surface area contributed by atoms with Crippen LogP contribution in [0.3, 0.4) is 0 Å². The van der Waals surface area contributed by atoms with Gasteiger partial charge in [-0.2, -0.15) is 0 Å². The van der Waals surface area contributed by atoms with Gasteiger partial charge >= 0.3 is 5.97 Å². The van der Waals surface area contributed by atoms with Crippen LogP contribution in [0.4, 0.5) is 0 Å². The first-order chi connectivity index (χ1) is 9.61. The third kappa shape index (κ3) is 2.70. The fourth-order valence-electron chi connectivity index (χ4n) is 4.07. The van der Waals surface area contributed by atoms with Crippen molar-refractivity contribution in [2.75, 3.05) is 6.54 Å². The lowest BCUT2D eigenvalue weighted by atomic mass is 9.65. The van der Waals surface area contributed by atoms with Crippen molar-refractivity contribution < 1.29 is 14.7 Å². The van der Waals surface area contributed by atoms with Gasteiger partial charge in [0.2, 0.25) is 5.91 Å². The molecule has 0 aromatic carbocycles. The number of carboxylic acid groups (broad SMARTS) is 1. The summed E-state index contributed by atoms with van der Waals surface area (Å²) in [4.78, 5) is 23.2. The average Bonchev–Trinajstić information content (AvgIpc) is 3.22. The second kappa shape index (κ2) is 5.38. The first-order valence-corrected chi connectivity index (χ1v) is 8.11. The van der Waals surface area contributed by atoms with Gasteiger partial charge in [0, 0.05) is 12.5 Å². The smallest absolute Gasteiger partial charge is 0.306 e. The average molecular weight is 279 g/mol. The lowest BCUT2D eigenvalue weighted by Gasteiger charge is -2.43. The van der Waals surface area contributed by atoms with Gasteiger partial charge in [0.1, 0.15) is 0 Å². The van der Waals surface area contributed by atoms with Gasteiger partial charge < -0.3 is 10.4 Å². The maximum Gasteiger partial charge on any atom is 0.306 e. The van der Waals surface area contributed by atoms with Crippen molar-refractivity contribution in [3.05, 3.63) is 0 Å². The monoisotopic (exact) mass is 279 g/mol. The zero-order valence-electron chi connectivity index (χ0n) is 12.1. The Labute approximate surface area is 120 Å². The molecule has 0 unspecified atom stereocenters. The summed E-state index contributed by atoms with van der Waals surface area (Å²) >= 11 is 0. The normalized spacial score (nSPS) is 32.2. The fraction of sp³-hybridized carbons (Fsp3) is 0.875. The maximum absolute atomic E-state index is 12.2. The molecule has 3 aliphatic carbocycles. The molecule has 0 aliphatic heterocycles. The van der Waals surface area contributed by atoms with E-state index in [4.69, 9.17) is 5.11 Å². The number of hydrogen-bond acceptors (Lipinski definition) is 2. The topological polar surface area (TPSA) is 66.4 Å². The van der Waals surface area contributed by atoms with E-state index in [1.807, 2.05) is 0 Å². The standard InChI is InChI=1S/C16H25NO3/c18-14(11-2-4-12(5-3-11)15(19)20)17-10-16(8-1-9-16)13-6-7-13/h11-13H,1-10H2,(H,17,18)(H,19,20). The molecule has 0 saturated heterocycles. The van der Waals surface area contributed by atoms with E-state index in [1.54, 1.807) is 0 Å². The van der Waals surface area contributed by atoms with Crippen LogP contribution in [0.2, 0.25) is 0 Å². The first kappa shape index (κ1) is 13.9. The summed E-state index contributed by atoms with van der Waals surface area (Å²) in [5.41, 5.74) is 0.425. The first-order valence-electron chi connectivity index (χ1n) is 8.11. The Morgan fingerprint density at radius 1 is 1.00 bits per heavy atom. The Bertz CT molecular complexity index is 391. The predicted octanol–water partition coefficient (Wildman–Crippen LogP) is 2.57. The molecule has 3 fully saturated rings. The molecule has 0 heterocycles. The Morgan fingerprint density at radius 2 is 1.60 bits per heavy atom. The minimum absolute atomic E-state index is 0.0435. The molecule has 2 N–H and O–H groups in total. The van der Waals surface area contributed by atoms with Crippen molar-refractivity contribution in [3.63, 3.8) is 0 Å². The molecule has 4 nitrogen and oxygen atoms in total. The van der Waals surface area contributed by atoms with Gasteiger partial charge in [-0.1, -0.05) is 6.42 Å². The number of carbonyl (C=O) groups excluding carboxylic acids is 1. The van der Waals surface area contributed by atoms with E-state index in [0.717, 1.165) is 25.3 Å². The highest BCUT2D eigenvalue weighted by Crippen LogP contribution is 2.56. The molecule has 0 aromatic heterocycles. The molecule has 0 spiro atoms. The van der Waals surface area contributed by atoms with Crippen molar-refractivity contribution in [2.45, 2.75) is 57.8 Å². The van der Waals surface area contributed by atoms with Crippen LogP contribution in [0, 0.1) is 23.2 Å². The van der Waals surface area contributed by atoms with Crippen LogP contribution in [0.5, 0.6) is 0 Å². The van der Waals surface area contributed by atoms with E-state index in [-0.39, 0.29) is 17.7 Å². The molecule has 4 heteroatoms. The number of amides is 1. The molecule has 0 radical (unpaired) electrons. The quantitative estimate of drug-likeness (QED) is 0.813. The lowest BCUT2D eigenvalue weighted by molar-refractivity contribution is -0.144. The molecule has 0 atom stereocenters. The van der Waals surface area contributed by atoms with E-state index in [9.17, 15) is 9.59 Å². The van der Waals surface area contributed by atoms with Crippen LogP contribution in [-0.4, -0.2) is 23.5 Å². The summed E-state index contributed by atoms with van der Waals surface area (Å²) in [5, 5.41) is 12.2. The van der Waals surface area contributed by atoms with E-state index in [1.165, 1.54) is 32.1 Å². The zero-order chi connectivity index (χ0) is 14.2. The SMILES string of the molecule is O=C(O)C1CCC(C(=O)NCC2(C3CC3)CCC2)CC1. The number of nitrogens with one attached hydrogen (secondary N) is 1. The lowest BCUT2D eigenvalue weighted by Crippen LogP contribution is -2.45. The van der Waals surface area contributed by atoms with Crippen LogP contribution in [0.25, 0.3) is 0 Å². The van der Waals surface area contributed by atoms with E-state index >= 15 is 0 Å². The van der Waals surface area contributed by atoms with Gasteiger partial charge in [-0.3, -0.25) is 9.59 Å². The van der Waals surface area contributed by atoms with E-state index in [2.05, 4.69) is 5.32 Å². The zero-order valence-corrected chi connectivity index (χ0v) is 12.1. The largest absolute Gasteiger partial charge is 0.481 e. The number of rotatable bonds is 5. The highest BCUT2D eigenvalue weighted by atomic mass is 16.4. The Hall–Kier alpha value is -1.06. The van der Waals surface area contributed by atoms with Gasteiger partial charge in [0.05, 0.1) is 5.92 Å². The predicted molar refractivity (Wildman–Crippen MR) is 75.1 cm³/mol. The second-order valence-electron chi connectivity index (χ2n) is 7.09. The Balaban J connectivity index is 1.44. The molecule has 112 valence electrons. The molecule has 3 saturated carbocycles. The third-order valence-electron chi connectivity index (χ3n) is 5.85. The van der Waals surface area contributed by atoms with Crippen molar-refractivity contribution in [1.82, 2.24) is 5.32 Å². The molecule has 1 amide bonds. The molecule has 20 heavy (non-hydrogen) atoms. The van der Waals surface area contributed by atoms with Crippen LogP contribution in [0.1, 0.15) is 57.8 Å². The summed E-state index contributed by atoms with van der Waals surface area (Å²) in [5.74, 6) is 0.136. The highest BCUT2D eigenvalue weighted by Gasteiger charge is 2.49. The maximum atomic E-state index is 12.2. The van der Waals surface area contributed by atoms with Crippen molar-refractivity contribution in [3.8, 4) is 0 Å². The molecule has 0 bridgehead atoms. The summed E-state index contributed by atoms with van der Waals surface area (Å²) in [6.45, 7) is 0.857. The summed E-state index contributed by atoms with van der Waals surface area (Å²) in [7, 11) is 0. The van der Waals surface area contributed by atoms with Crippen molar-refractivity contribution in [2.24, 2.45) is 23.2 Å². The Kier molecular flexibility index (Phi) is 3.74. The van der Waals surface area contributed by atoms with Gasteiger partial charge in [0.25, 0.3) is 0 Å². The van der Waals surface area contributed by atoms with Crippen LogP contribution in [-0.2, 0) is 9.59 Å². The molecule has 3 aliphatic rings. The van der Waals surface area contributed by atoms with Crippen LogP contribution < -0.4 is 5.32 Å². The molecule has 0 aromatic rings. The van der Waals surface area contributed by atoms with Crippen molar-refractivity contribution in [1.29, 1.82) is 0 Å². The van der Waals surface area contributed by atoms with E-state index < -0.39 is 5.97 Å². The van der Waals surface area contributed by atoms with E-state index in [0.29, 0.717) is 18.3 Å². The minimum Gasteiger partial charge on any atom is -0.481 e. The van der Waals surface area contributed by atoms with Crippen LogP contribution in [0.15, 0.2) is 0 Å². The number of carbonyl (C=O) groups is 2. The fourth-order valence-corrected chi connectivity index (χ4v) is 4.07. The number of carboxylic acids is 1. The summed E-state index contributed by atoms with van der Waals surface area (Å²) < 4.78 is 0. The third-order valence-corrected chi connectivity index (χ3v) is 5.85. The summed E-state index contributed by atoms with van der Waals surface area (Å²) in [6.07, 6.45) is 9.35. The Morgan fingerprint density at radius 3 is 2.05 bits per heavy atom. The molecular weight excluding hydrogens is 254 g/mol. The van der Waals surface area contributed by atoms with Crippen LogP contribution >= 0.6 is 0 Å². The van der Waals surface area contributed by atoms with Gasteiger partial charge in [0.15, 0.2) is 0 Å². The van der Waals surface area contributed by atoms with Gasteiger partial charge in [-0.25, -0.2) is 0 Å².